The van der Waals surface area contributed by atoms with Crippen LogP contribution < -0.4 is 10.1 Å². The molecule has 3 heteroatoms. The summed E-state index contributed by atoms with van der Waals surface area (Å²) in [6.07, 6.45) is 1.32. The van der Waals surface area contributed by atoms with Crippen molar-refractivity contribution in [1.82, 2.24) is 10.2 Å². The van der Waals surface area contributed by atoms with Gasteiger partial charge in [0, 0.05) is 31.2 Å². The lowest BCUT2D eigenvalue weighted by Crippen LogP contribution is -2.44. The lowest BCUT2D eigenvalue weighted by molar-refractivity contribution is 0.170. The SMILES string of the molecule is COc1ccc([C@H](C)N2C[C@@H]3CC2CN3)c(C)c1C. The predicted octanol–water partition coefficient (Wildman–Crippen LogP) is 2.42. The normalized spacial score (nSPS) is 27.8. The summed E-state index contributed by atoms with van der Waals surface area (Å²) in [6.45, 7) is 9.06. The molecular formula is C16H24N2O. The van der Waals surface area contributed by atoms with Gasteiger partial charge in [-0.3, -0.25) is 4.90 Å². The molecule has 1 aromatic carbocycles. The quantitative estimate of drug-likeness (QED) is 0.903. The molecule has 3 atom stereocenters. The Labute approximate surface area is 115 Å². The summed E-state index contributed by atoms with van der Waals surface area (Å²) in [5, 5.41) is 3.57. The molecule has 2 aliphatic rings. The molecule has 2 bridgehead atoms. The molecule has 0 spiro atoms. The largest absolute Gasteiger partial charge is 0.496 e. The lowest BCUT2D eigenvalue weighted by atomic mass is 9.96. The fourth-order valence-electron chi connectivity index (χ4n) is 3.74. The van der Waals surface area contributed by atoms with Gasteiger partial charge in [0.1, 0.15) is 5.75 Å². The monoisotopic (exact) mass is 260 g/mol. The number of benzene rings is 1. The highest BCUT2D eigenvalue weighted by Gasteiger charge is 2.40. The van der Waals surface area contributed by atoms with E-state index in [-0.39, 0.29) is 0 Å². The number of nitrogens with one attached hydrogen (secondary N) is 1. The van der Waals surface area contributed by atoms with Crippen molar-refractivity contribution in [3.8, 4) is 5.75 Å². The van der Waals surface area contributed by atoms with Crippen molar-refractivity contribution in [3.05, 3.63) is 28.8 Å². The Bertz CT molecular complexity index is 486. The second-order valence-corrected chi connectivity index (χ2v) is 5.97. The summed E-state index contributed by atoms with van der Waals surface area (Å²) < 4.78 is 5.41. The third kappa shape index (κ3) is 2.05. The van der Waals surface area contributed by atoms with Crippen molar-refractivity contribution < 1.29 is 4.74 Å². The fourth-order valence-corrected chi connectivity index (χ4v) is 3.74. The van der Waals surface area contributed by atoms with Crippen LogP contribution in [0.3, 0.4) is 0 Å². The molecular weight excluding hydrogens is 236 g/mol. The zero-order chi connectivity index (χ0) is 13.6. The van der Waals surface area contributed by atoms with Crippen molar-refractivity contribution in [3.63, 3.8) is 0 Å². The van der Waals surface area contributed by atoms with Crippen LogP contribution in [0.2, 0.25) is 0 Å². The number of nitrogens with zero attached hydrogens (tertiary/aromatic N) is 1. The van der Waals surface area contributed by atoms with Gasteiger partial charge >= 0.3 is 0 Å². The first-order valence-electron chi connectivity index (χ1n) is 7.25. The van der Waals surface area contributed by atoms with Gasteiger partial charge in [0.05, 0.1) is 7.11 Å². The van der Waals surface area contributed by atoms with E-state index in [0.29, 0.717) is 12.1 Å². The Morgan fingerprint density at radius 2 is 2.11 bits per heavy atom. The zero-order valence-electron chi connectivity index (χ0n) is 12.4. The molecule has 2 fully saturated rings. The first kappa shape index (κ1) is 12.9. The molecule has 0 saturated carbocycles. The standard InChI is InChI=1S/C16H24N2O/c1-10-11(2)16(19-4)6-5-15(10)12(3)18-9-13-7-14(18)8-17-13/h5-6,12-14,17H,7-9H2,1-4H3/t12-,13-,14?/m0/s1. The minimum Gasteiger partial charge on any atom is -0.496 e. The molecule has 2 aliphatic heterocycles. The molecule has 3 rings (SSSR count). The second-order valence-electron chi connectivity index (χ2n) is 5.97. The van der Waals surface area contributed by atoms with E-state index < -0.39 is 0 Å². The summed E-state index contributed by atoms with van der Waals surface area (Å²) in [7, 11) is 1.75. The van der Waals surface area contributed by atoms with Crippen LogP contribution in [0.4, 0.5) is 0 Å². The number of likely N-dealkylation sites (tertiary alicyclic amines) is 1. The first-order valence-corrected chi connectivity index (χ1v) is 7.25. The number of rotatable bonds is 3. The number of ether oxygens (including phenoxy) is 1. The Balaban J connectivity index is 1.88. The van der Waals surface area contributed by atoms with E-state index in [1.54, 1.807) is 7.11 Å². The maximum absolute atomic E-state index is 5.41. The van der Waals surface area contributed by atoms with Gasteiger partial charge in [0.2, 0.25) is 0 Å². The summed E-state index contributed by atoms with van der Waals surface area (Å²) in [4.78, 5) is 2.66. The number of methoxy groups -OCH3 is 1. The van der Waals surface area contributed by atoms with Crippen LogP contribution in [-0.4, -0.2) is 37.2 Å². The Morgan fingerprint density at radius 3 is 2.68 bits per heavy atom. The Kier molecular flexibility index (Phi) is 3.27. The Morgan fingerprint density at radius 1 is 1.32 bits per heavy atom. The number of piperazine rings is 1. The number of hydrogen-bond acceptors (Lipinski definition) is 3. The van der Waals surface area contributed by atoms with Gasteiger partial charge in [-0.15, -0.1) is 0 Å². The molecule has 0 aromatic heterocycles. The molecule has 1 unspecified atom stereocenters. The maximum atomic E-state index is 5.41. The van der Waals surface area contributed by atoms with Crippen molar-refractivity contribution >= 4 is 0 Å². The molecule has 2 heterocycles. The molecule has 19 heavy (non-hydrogen) atoms. The molecule has 0 radical (unpaired) electrons. The number of fused-ring (bicyclic) bond motifs is 2. The number of hydrogen-bond donors (Lipinski definition) is 1. The highest BCUT2D eigenvalue weighted by atomic mass is 16.5. The summed E-state index contributed by atoms with van der Waals surface area (Å²) in [5.74, 6) is 0.998. The molecule has 2 saturated heterocycles. The smallest absolute Gasteiger partial charge is 0.122 e. The average molecular weight is 260 g/mol. The van der Waals surface area contributed by atoms with Crippen molar-refractivity contribution in [2.24, 2.45) is 0 Å². The van der Waals surface area contributed by atoms with Crippen molar-refractivity contribution in [1.29, 1.82) is 0 Å². The fraction of sp³-hybridized carbons (Fsp3) is 0.625. The zero-order valence-corrected chi connectivity index (χ0v) is 12.4. The van der Waals surface area contributed by atoms with Gasteiger partial charge in [0.25, 0.3) is 0 Å². The first-order chi connectivity index (χ1) is 9.11. The van der Waals surface area contributed by atoms with Crippen LogP contribution in [0.25, 0.3) is 0 Å². The van der Waals surface area contributed by atoms with Crippen LogP contribution in [0.5, 0.6) is 5.75 Å². The van der Waals surface area contributed by atoms with E-state index in [9.17, 15) is 0 Å². The van der Waals surface area contributed by atoms with E-state index >= 15 is 0 Å². The third-order valence-corrected chi connectivity index (χ3v) is 5.05. The van der Waals surface area contributed by atoms with Gasteiger partial charge in [0.15, 0.2) is 0 Å². The molecule has 104 valence electrons. The third-order valence-electron chi connectivity index (χ3n) is 5.05. The van der Waals surface area contributed by atoms with Crippen molar-refractivity contribution in [2.75, 3.05) is 20.2 Å². The van der Waals surface area contributed by atoms with Crippen LogP contribution in [0.1, 0.15) is 36.1 Å². The van der Waals surface area contributed by atoms with E-state index in [0.717, 1.165) is 18.3 Å². The second kappa shape index (κ2) is 4.80. The summed E-state index contributed by atoms with van der Waals surface area (Å²) in [5.41, 5.74) is 4.10. The van der Waals surface area contributed by atoms with E-state index in [1.165, 1.54) is 29.7 Å². The topological polar surface area (TPSA) is 24.5 Å². The lowest BCUT2D eigenvalue weighted by Gasteiger charge is -2.34. The minimum atomic E-state index is 0.502. The molecule has 3 nitrogen and oxygen atoms in total. The van der Waals surface area contributed by atoms with Crippen LogP contribution >= 0.6 is 0 Å². The van der Waals surface area contributed by atoms with E-state index in [2.05, 4.69) is 43.1 Å². The highest BCUT2D eigenvalue weighted by molar-refractivity contribution is 5.44. The maximum Gasteiger partial charge on any atom is 0.122 e. The van der Waals surface area contributed by atoms with Crippen LogP contribution in [0, 0.1) is 13.8 Å². The van der Waals surface area contributed by atoms with Gasteiger partial charge in [-0.05, 0) is 49.9 Å². The minimum absolute atomic E-state index is 0.502. The molecule has 0 amide bonds. The molecule has 0 aliphatic carbocycles. The average Bonchev–Trinajstić information content (AvgIpc) is 3.03. The van der Waals surface area contributed by atoms with Gasteiger partial charge in [-0.25, -0.2) is 0 Å². The molecule has 1 aromatic rings. The van der Waals surface area contributed by atoms with E-state index in [4.69, 9.17) is 4.74 Å². The van der Waals surface area contributed by atoms with Crippen LogP contribution in [0.15, 0.2) is 12.1 Å². The van der Waals surface area contributed by atoms with Crippen LogP contribution in [-0.2, 0) is 0 Å². The highest BCUT2D eigenvalue weighted by Crippen LogP contribution is 2.35. The van der Waals surface area contributed by atoms with Gasteiger partial charge in [-0.2, -0.15) is 0 Å². The molecule has 1 N–H and O–H groups in total. The predicted molar refractivity (Wildman–Crippen MR) is 77.8 cm³/mol. The van der Waals surface area contributed by atoms with Gasteiger partial charge in [-0.1, -0.05) is 6.07 Å². The Hall–Kier alpha value is -1.06. The van der Waals surface area contributed by atoms with Crippen molar-refractivity contribution in [2.45, 2.75) is 45.3 Å². The van der Waals surface area contributed by atoms with Gasteiger partial charge < -0.3 is 10.1 Å². The summed E-state index contributed by atoms with van der Waals surface area (Å²) >= 11 is 0. The van der Waals surface area contributed by atoms with E-state index in [1.807, 2.05) is 0 Å². The summed E-state index contributed by atoms with van der Waals surface area (Å²) in [6, 6.07) is 6.29.